The molecular formula is C49H31N3OS. The summed E-state index contributed by atoms with van der Waals surface area (Å²) >= 11 is 1.75. The highest BCUT2D eigenvalue weighted by Crippen LogP contribution is 2.49. The van der Waals surface area contributed by atoms with Crippen molar-refractivity contribution in [1.82, 2.24) is 9.55 Å². The fourth-order valence-electron chi connectivity index (χ4n) is 8.96. The number of allylic oxidation sites excluding steroid dienone is 2. The van der Waals surface area contributed by atoms with Crippen LogP contribution in [0.3, 0.4) is 0 Å². The molecule has 0 saturated carbocycles. The number of nitrogens with zero attached hydrogens (tertiary/aromatic N) is 3. The van der Waals surface area contributed by atoms with Gasteiger partial charge < -0.3 is 9.32 Å². The van der Waals surface area contributed by atoms with Crippen molar-refractivity contribution in [2.24, 2.45) is 0 Å². The van der Waals surface area contributed by atoms with Crippen molar-refractivity contribution in [3.8, 4) is 27.4 Å². The summed E-state index contributed by atoms with van der Waals surface area (Å²) in [5, 5.41) is 5.52. The maximum Gasteiger partial charge on any atom is 0.195 e. The van der Waals surface area contributed by atoms with Crippen molar-refractivity contribution in [2.45, 2.75) is 12.0 Å². The number of hydrogen-bond donors (Lipinski definition) is 0. The molecule has 2 atom stereocenters. The van der Waals surface area contributed by atoms with Gasteiger partial charge in [-0.1, -0.05) is 145 Å². The normalized spacial score (nSPS) is 16.3. The number of thiazole rings is 1. The van der Waals surface area contributed by atoms with E-state index < -0.39 is 0 Å². The number of anilines is 2. The van der Waals surface area contributed by atoms with Crippen LogP contribution in [0.15, 0.2) is 180 Å². The van der Waals surface area contributed by atoms with Gasteiger partial charge in [-0.3, -0.25) is 4.57 Å². The topological polar surface area (TPSA) is 34.2 Å². The lowest BCUT2D eigenvalue weighted by Crippen LogP contribution is -2.28. The van der Waals surface area contributed by atoms with Crippen molar-refractivity contribution in [3.63, 3.8) is 0 Å². The van der Waals surface area contributed by atoms with Gasteiger partial charge >= 0.3 is 0 Å². The van der Waals surface area contributed by atoms with Crippen LogP contribution in [0.25, 0.3) is 81.3 Å². The Morgan fingerprint density at radius 1 is 0.574 bits per heavy atom. The smallest absolute Gasteiger partial charge is 0.195 e. The molecule has 3 aromatic heterocycles. The molecule has 254 valence electrons. The first kappa shape index (κ1) is 29.8. The molecule has 7 aromatic carbocycles. The summed E-state index contributed by atoms with van der Waals surface area (Å²) < 4.78 is 10.00. The van der Waals surface area contributed by atoms with Gasteiger partial charge in [-0.15, -0.1) is 0 Å². The Morgan fingerprint density at radius 3 is 2.19 bits per heavy atom. The second kappa shape index (κ2) is 11.4. The van der Waals surface area contributed by atoms with E-state index in [1.165, 1.54) is 38.8 Å². The van der Waals surface area contributed by atoms with Crippen molar-refractivity contribution in [1.29, 1.82) is 0 Å². The minimum Gasteiger partial charge on any atom is -0.456 e. The van der Waals surface area contributed by atoms with Crippen LogP contribution in [0.2, 0.25) is 0 Å². The molecule has 0 spiro atoms. The molecule has 10 aromatic rings. The van der Waals surface area contributed by atoms with E-state index in [-0.39, 0.29) is 6.04 Å². The van der Waals surface area contributed by atoms with Crippen LogP contribution >= 0.6 is 11.3 Å². The maximum atomic E-state index is 6.47. The van der Waals surface area contributed by atoms with E-state index >= 15 is 0 Å². The summed E-state index contributed by atoms with van der Waals surface area (Å²) in [7, 11) is 0. The molecule has 2 unspecified atom stereocenters. The van der Waals surface area contributed by atoms with Gasteiger partial charge in [-0.2, -0.15) is 0 Å². The summed E-state index contributed by atoms with van der Waals surface area (Å²) in [6.45, 7) is 0. The third kappa shape index (κ3) is 4.27. The zero-order valence-corrected chi connectivity index (χ0v) is 29.9. The molecular weight excluding hydrogens is 679 g/mol. The van der Waals surface area contributed by atoms with Gasteiger partial charge in [0.15, 0.2) is 5.13 Å². The zero-order valence-electron chi connectivity index (χ0n) is 29.1. The molecule has 0 saturated heterocycles. The van der Waals surface area contributed by atoms with Crippen molar-refractivity contribution in [2.75, 3.05) is 4.90 Å². The Morgan fingerprint density at radius 2 is 1.30 bits per heavy atom. The van der Waals surface area contributed by atoms with Crippen LogP contribution in [-0.4, -0.2) is 15.6 Å². The number of para-hydroxylation sites is 3. The number of furan rings is 1. The number of hydrogen-bond acceptors (Lipinski definition) is 4. The van der Waals surface area contributed by atoms with Gasteiger partial charge in [-0.05, 0) is 64.7 Å². The van der Waals surface area contributed by atoms with E-state index in [0.717, 1.165) is 59.4 Å². The summed E-state index contributed by atoms with van der Waals surface area (Å²) in [4.78, 5) is 8.03. The predicted molar refractivity (Wildman–Crippen MR) is 225 cm³/mol. The number of benzene rings is 7. The molecule has 54 heavy (non-hydrogen) atoms. The van der Waals surface area contributed by atoms with Crippen molar-refractivity contribution >= 4 is 76.7 Å². The van der Waals surface area contributed by atoms with E-state index in [1.54, 1.807) is 11.3 Å². The Kier molecular flexibility index (Phi) is 6.30. The first-order chi connectivity index (χ1) is 26.8. The quantitative estimate of drug-likeness (QED) is 0.182. The summed E-state index contributed by atoms with van der Waals surface area (Å²) in [5.74, 6) is 0.322. The lowest BCUT2D eigenvalue weighted by Gasteiger charge is -2.28. The van der Waals surface area contributed by atoms with Gasteiger partial charge in [0, 0.05) is 39.0 Å². The molecule has 12 rings (SSSR count). The average Bonchev–Trinajstić information content (AvgIpc) is 3.99. The van der Waals surface area contributed by atoms with E-state index in [0.29, 0.717) is 5.92 Å². The second-order valence-electron chi connectivity index (χ2n) is 14.3. The fraction of sp³-hybridized carbons (Fsp3) is 0.0408. The van der Waals surface area contributed by atoms with E-state index in [2.05, 4.69) is 173 Å². The van der Waals surface area contributed by atoms with Crippen LogP contribution < -0.4 is 4.90 Å². The van der Waals surface area contributed by atoms with E-state index in [9.17, 15) is 0 Å². The molecule has 1 aliphatic carbocycles. The van der Waals surface area contributed by atoms with E-state index in [4.69, 9.17) is 9.40 Å². The van der Waals surface area contributed by atoms with Gasteiger partial charge in [0.05, 0.1) is 32.7 Å². The molecule has 4 heterocycles. The molecule has 4 nitrogen and oxygen atoms in total. The van der Waals surface area contributed by atoms with Crippen LogP contribution in [0.1, 0.15) is 11.5 Å². The highest BCUT2D eigenvalue weighted by atomic mass is 32.1. The lowest BCUT2D eigenvalue weighted by molar-refractivity contribution is 0.669. The number of rotatable bonds is 4. The van der Waals surface area contributed by atoms with Gasteiger partial charge in [0.25, 0.3) is 0 Å². The summed E-state index contributed by atoms with van der Waals surface area (Å²) in [5.41, 5.74) is 13.5. The Bertz CT molecular complexity index is 3180. The molecule has 0 fully saturated rings. The summed E-state index contributed by atoms with van der Waals surface area (Å²) in [6.07, 6.45) is 9.05. The minimum atomic E-state index is 0.256. The predicted octanol–water partition coefficient (Wildman–Crippen LogP) is 13.4. The SMILES string of the molecule is C1=CC2c3ccc(-c4ccc5c6ccccc6n(-c6nc7c(s6)c(-c6ccccc6)cc6oc8ccccc8c67)c5c4)cc3N(c3ccccc3)C2C=C1. The van der Waals surface area contributed by atoms with Gasteiger partial charge in [0.2, 0.25) is 0 Å². The first-order valence-electron chi connectivity index (χ1n) is 18.5. The first-order valence-corrected chi connectivity index (χ1v) is 19.3. The van der Waals surface area contributed by atoms with Crippen molar-refractivity contribution < 1.29 is 4.42 Å². The highest BCUT2D eigenvalue weighted by Gasteiger charge is 2.37. The molecule has 0 radical (unpaired) electrons. The fourth-order valence-corrected chi connectivity index (χ4v) is 10.1. The third-order valence-electron chi connectivity index (χ3n) is 11.4. The highest BCUT2D eigenvalue weighted by molar-refractivity contribution is 7.21. The second-order valence-corrected chi connectivity index (χ2v) is 15.3. The third-order valence-corrected chi connectivity index (χ3v) is 12.4. The average molecular weight is 710 g/mol. The van der Waals surface area contributed by atoms with Crippen LogP contribution in [-0.2, 0) is 0 Å². The lowest BCUT2D eigenvalue weighted by atomic mass is 9.90. The van der Waals surface area contributed by atoms with Gasteiger partial charge in [-0.25, -0.2) is 4.98 Å². The minimum absolute atomic E-state index is 0.256. The van der Waals surface area contributed by atoms with Crippen molar-refractivity contribution in [3.05, 3.63) is 182 Å². The Hall–Kier alpha value is -6.69. The van der Waals surface area contributed by atoms with Crippen LogP contribution in [0, 0.1) is 0 Å². The monoisotopic (exact) mass is 709 g/mol. The molecule has 0 amide bonds. The Labute approximate surface area is 315 Å². The number of aromatic nitrogens is 2. The molecule has 0 N–H and O–H groups in total. The number of fused-ring (bicyclic) bond motifs is 11. The summed E-state index contributed by atoms with van der Waals surface area (Å²) in [6, 6.07) is 54.8. The maximum absolute atomic E-state index is 6.47. The largest absolute Gasteiger partial charge is 0.456 e. The van der Waals surface area contributed by atoms with Crippen LogP contribution in [0.5, 0.6) is 0 Å². The molecule has 2 aliphatic rings. The Balaban J connectivity index is 1.09. The van der Waals surface area contributed by atoms with E-state index in [1.807, 2.05) is 12.1 Å². The zero-order chi connectivity index (χ0) is 35.3. The molecule has 0 bridgehead atoms. The van der Waals surface area contributed by atoms with Crippen LogP contribution in [0.4, 0.5) is 11.4 Å². The van der Waals surface area contributed by atoms with Gasteiger partial charge in [0.1, 0.15) is 11.2 Å². The molecule has 5 heteroatoms. The molecule has 1 aliphatic heterocycles. The standard InChI is InChI=1S/C49H31N3OS/c1-3-13-30(14-4-1)39-29-45-46(38-19-9-12-22-44(38)53-45)47-48(39)54-49(50-47)52-41-21-11-8-18-35(41)37-26-24-32(28-43(37)52)31-23-25-36-34-17-7-10-20-40(34)51(42(36)27-31)33-15-5-2-6-16-33/h1-29,34,40H.